The Balaban J connectivity index is 1.76. The van der Waals surface area contributed by atoms with Crippen LogP contribution < -0.4 is 0 Å². The first-order chi connectivity index (χ1) is 8.75. The van der Waals surface area contributed by atoms with Crippen LogP contribution in [0.1, 0.15) is 17.5 Å². The summed E-state index contributed by atoms with van der Waals surface area (Å²) in [5.74, 6) is 1.11. The van der Waals surface area contributed by atoms with E-state index in [0.717, 1.165) is 24.2 Å². The van der Waals surface area contributed by atoms with E-state index in [1.54, 1.807) is 6.20 Å². The number of benzene rings is 1. The molecule has 94 valence electrons. The fourth-order valence-corrected chi connectivity index (χ4v) is 2.76. The van der Waals surface area contributed by atoms with Crippen LogP contribution in [-0.4, -0.2) is 10.7 Å². The van der Waals surface area contributed by atoms with Gasteiger partial charge in [-0.25, -0.2) is 4.98 Å². The van der Waals surface area contributed by atoms with Gasteiger partial charge in [-0.3, -0.25) is 0 Å². The number of pyridine rings is 1. The molecule has 0 aliphatic rings. The van der Waals surface area contributed by atoms with E-state index in [9.17, 15) is 0 Å². The van der Waals surface area contributed by atoms with Gasteiger partial charge in [0.1, 0.15) is 5.15 Å². The molecule has 0 saturated heterocycles. The molecule has 0 radical (unpaired) electrons. The molecule has 0 aliphatic heterocycles. The van der Waals surface area contributed by atoms with Gasteiger partial charge in [-0.05, 0) is 49.3 Å². The van der Waals surface area contributed by atoms with Gasteiger partial charge in [-0.1, -0.05) is 35.4 Å². The molecule has 1 aromatic carbocycles. The summed E-state index contributed by atoms with van der Waals surface area (Å²) in [6.07, 6.45) is 3.84. The van der Waals surface area contributed by atoms with Crippen LogP contribution in [0.4, 0.5) is 0 Å². The number of hydrogen-bond donors (Lipinski definition) is 0. The molecule has 0 N–H and O–H groups in total. The maximum absolute atomic E-state index is 6.02. The van der Waals surface area contributed by atoms with E-state index in [1.807, 2.05) is 23.9 Å². The molecule has 2 rings (SSSR count). The van der Waals surface area contributed by atoms with E-state index in [1.165, 1.54) is 10.5 Å². The summed E-state index contributed by atoms with van der Waals surface area (Å²) in [6, 6.07) is 12.6. The van der Waals surface area contributed by atoms with Crippen molar-refractivity contribution in [2.75, 3.05) is 5.75 Å². The van der Waals surface area contributed by atoms with Gasteiger partial charge in [0.05, 0.1) is 0 Å². The van der Waals surface area contributed by atoms with E-state index in [2.05, 4.69) is 36.2 Å². The predicted octanol–water partition coefficient (Wildman–Crippen LogP) is 4.77. The van der Waals surface area contributed by atoms with Gasteiger partial charge in [0.25, 0.3) is 0 Å². The second-order valence-corrected chi connectivity index (χ2v) is 5.74. The summed E-state index contributed by atoms with van der Waals surface area (Å²) in [4.78, 5) is 5.42. The van der Waals surface area contributed by atoms with Crippen LogP contribution in [0.3, 0.4) is 0 Å². The number of hydrogen-bond acceptors (Lipinski definition) is 2. The zero-order valence-electron chi connectivity index (χ0n) is 10.4. The summed E-state index contributed by atoms with van der Waals surface area (Å²) in [5, 5.41) is 0.637. The minimum absolute atomic E-state index is 0.637. The van der Waals surface area contributed by atoms with Gasteiger partial charge in [0, 0.05) is 11.1 Å². The van der Waals surface area contributed by atoms with Crippen molar-refractivity contribution in [3.05, 3.63) is 58.9 Å². The van der Waals surface area contributed by atoms with Crippen molar-refractivity contribution in [1.82, 2.24) is 4.98 Å². The van der Waals surface area contributed by atoms with Gasteiger partial charge < -0.3 is 0 Å². The van der Waals surface area contributed by atoms with Crippen molar-refractivity contribution in [1.29, 1.82) is 0 Å². The second kappa shape index (κ2) is 6.81. The summed E-state index contributed by atoms with van der Waals surface area (Å²) < 4.78 is 0. The van der Waals surface area contributed by atoms with Crippen LogP contribution in [0.2, 0.25) is 5.15 Å². The molecule has 0 unspecified atom stereocenters. The number of halogens is 1. The van der Waals surface area contributed by atoms with E-state index >= 15 is 0 Å². The van der Waals surface area contributed by atoms with Crippen molar-refractivity contribution < 1.29 is 0 Å². The van der Waals surface area contributed by atoms with Gasteiger partial charge in [0.15, 0.2) is 0 Å². The smallest absolute Gasteiger partial charge is 0.132 e. The highest BCUT2D eigenvalue weighted by Crippen LogP contribution is 2.21. The Bertz CT molecular complexity index is 496. The normalized spacial score (nSPS) is 10.6. The number of nitrogens with zero attached hydrogens (tertiary/aromatic N) is 1. The Labute approximate surface area is 118 Å². The molecule has 0 amide bonds. The third kappa shape index (κ3) is 4.04. The Kier molecular flexibility index (Phi) is 5.09. The molecule has 1 nitrogen and oxygen atoms in total. The average Bonchev–Trinajstić information content (AvgIpc) is 2.39. The summed E-state index contributed by atoms with van der Waals surface area (Å²) in [5.41, 5.74) is 2.45. The zero-order valence-corrected chi connectivity index (χ0v) is 12.0. The number of thioether (sulfide) groups is 1. The van der Waals surface area contributed by atoms with Gasteiger partial charge in [-0.15, -0.1) is 11.8 Å². The molecule has 3 heteroatoms. The van der Waals surface area contributed by atoms with Crippen molar-refractivity contribution in [2.24, 2.45) is 0 Å². The largest absolute Gasteiger partial charge is 0.244 e. The van der Waals surface area contributed by atoms with Crippen molar-refractivity contribution in [2.45, 2.75) is 24.7 Å². The third-order valence-electron chi connectivity index (χ3n) is 2.72. The Hall–Kier alpha value is -0.990. The van der Waals surface area contributed by atoms with E-state index in [0.29, 0.717) is 5.15 Å². The summed E-state index contributed by atoms with van der Waals surface area (Å²) in [6.45, 7) is 2.11. The Morgan fingerprint density at radius 2 is 1.94 bits per heavy atom. The lowest BCUT2D eigenvalue weighted by Crippen LogP contribution is -1.90. The highest BCUT2D eigenvalue weighted by molar-refractivity contribution is 7.99. The summed E-state index contributed by atoms with van der Waals surface area (Å²) >= 11 is 7.91. The van der Waals surface area contributed by atoms with Gasteiger partial charge in [0.2, 0.25) is 0 Å². The van der Waals surface area contributed by atoms with Gasteiger partial charge >= 0.3 is 0 Å². The van der Waals surface area contributed by atoms with Crippen molar-refractivity contribution in [3.8, 4) is 0 Å². The first-order valence-electron chi connectivity index (χ1n) is 6.04. The fraction of sp³-hybridized carbons (Fsp3) is 0.267. The maximum Gasteiger partial charge on any atom is 0.132 e. The van der Waals surface area contributed by atoms with E-state index < -0.39 is 0 Å². The van der Waals surface area contributed by atoms with Crippen molar-refractivity contribution in [3.63, 3.8) is 0 Å². The molecule has 0 saturated carbocycles. The minimum atomic E-state index is 0.637. The molecule has 0 atom stereocenters. The molecular formula is C15H16ClNS. The Morgan fingerprint density at radius 1 is 1.17 bits per heavy atom. The molecule has 0 aliphatic carbocycles. The topological polar surface area (TPSA) is 12.9 Å². The maximum atomic E-state index is 6.02. The molecule has 18 heavy (non-hydrogen) atoms. The molecule has 2 aromatic rings. The Morgan fingerprint density at radius 3 is 2.67 bits per heavy atom. The molecule has 1 aromatic heterocycles. The molecule has 0 spiro atoms. The minimum Gasteiger partial charge on any atom is -0.244 e. The number of rotatable bonds is 5. The van der Waals surface area contributed by atoms with Gasteiger partial charge in [-0.2, -0.15) is 0 Å². The lowest BCUT2D eigenvalue weighted by Gasteiger charge is -2.04. The first-order valence-corrected chi connectivity index (χ1v) is 7.41. The molecule has 0 bridgehead atoms. The monoisotopic (exact) mass is 277 g/mol. The second-order valence-electron chi connectivity index (χ2n) is 4.22. The number of aromatic nitrogens is 1. The molecule has 1 heterocycles. The SMILES string of the molecule is Cc1ccc(SCCCc2cccnc2Cl)cc1. The summed E-state index contributed by atoms with van der Waals surface area (Å²) in [7, 11) is 0. The number of aryl methyl sites for hydroxylation is 2. The lowest BCUT2D eigenvalue weighted by molar-refractivity contribution is 0.924. The first kappa shape index (κ1) is 13.4. The van der Waals surface area contributed by atoms with E-state index in [4.69, 9.17) is 11.6 Å². The predicted molar refractivity (Wildman–Crippen MR) is 79.5 cm³/mol. The molecule has 0 fully saturated rings. The van der Waals surface area contributed by atoms with Crippen LogP contribution in [0, 0.1) is 6.92 Å². The van der Waals surface area contributed by atoms with E-state index in [-0.39, 0.29) is 0 Å². The van der Waals surface area contributed by atoms with Crippen LogP contribution in [0.5, 0.6) is 0 Å². The van der Waals surface area contributed by atoms with Crippen LogP contribution >= 0.6 is 23.4 Å². The molecular weight excluding hydrogens is 262 g/mol. The standard InChI is InChI=1S/C15H16ClNS/c1-12-6-8-14(9-7-12)18-11-3-5-13-4-2-10-17-15(13)16/h2,4,6-10H,3,5,11H2,1H3. The average molecular weight is 278 g/mol. The fourth-order valence-electron chi connectivity index (χ4n) is 1.69. The third-order valence-corrected chi connectivity index (χ3v) is 4.16. The highest BCUT2D eigenvalue weighted by Gasteiger charge is 2.00. The zero-order chi connectivity index (χ0) is 12.8. The van der Waals surface area contributed by atoms with Crippen LogP contribution in [0.25, 0.3) is 0 Å². The van der Waals surface area contributed by atoms with Crippen LogP contribution in [-0.2, 0) is 6.42 Å². The highest BCUT2D eigenvalue weighted by atomic mass is 35.5. The quantitative estimate of drug-likeness (QED) is 0.444. The van der Waals surface area contributed by atoms with Crippen LogP contribution in [0.15, 0.2) is 47.5 Å². The van der Waals surface area contributed by atoms with Crippen molar-refractivity contribution >= 4 is 23.4 Å². The lowest BCUT2D eigenvalue weighted by atomic mass is 10.2.